The number of carbonyl (C=O) groups is 2. The molecule has 4 aromatic rings. The first-order valence-corrected chi connectivity index (χ1v) is 12.9. The summed E-state index contributed by atoms with van der Waals surface area (Å²) < 4.78 is 18.1. The minimum absolute atomic E-state index is 0.123. The van der Waals surface area contributed by atoms with Gasteiger partial charge in [0.15, 0.2) is 11.5 Å². The minimum atomic E-state index is -1.05. The maximum Gasteiger partial charge on any atom is 0.248 e. The number of aromatic nitrogens is 3. The van der Waals surface area contributed by atoms with Crippen molar-refractivity contribution >= 4 is 22.8 Å². The summed E-state index contributed by atoms with van der Waals surface area (Å²) in [5.41, 5.74) is 2.14. The Morgan fingerprint density at radius 1 is 0.925 bits per heavy atom. The smallest absolute Gasteiger partial charge is 0.248 e. The van der Waals surface area contributed by atoms with E-state index in [1.54, 1.807) is 30.0 Å². The van der Waals surface area contributed by atoms with Crippen LogP contribution in [0.15, 0.2) is 66.7 Å². The molecule has 210 valence electrons. The summed E-state index contributed by atoms with van der Waals surface area (Å²) in [6.07, 6.45) is 0. The molecule has 1 N–H and O–H groups in total. The number of hydrogen-bond acceptors (Lipinski definition) is 7. The first-order valence-electron chi connectivity index (χ1n) is 12.9. The average Bonchev–Trinajstić information content (AvgIpc) is 3.34. The molecule has 0 aliphatic rings. The lowest BCUT2D eigenvalue weighted by Gasteiger charge is -2.34. The molecule has 0 saturated heterocycles. The van der Waals surface area contributed by atoms with Crippen LogP contribution in [0.2, 0.25) is 0 Å². The highest BCUT2D eigenvalue weighted by atomic mass is 16.5. The summed E-state index contributed by atoms with van der Waals surface area (Å²) in [6.45, 7) is 5.69. The van der Waals surface area contributed by atoms with Crippen LogP contribution in [0.1, 0.15) is 37.9 Å². The number of benzene rings is 3. The molecule has 0 aliphatic carbocycles. The SMILES string of the molecule is COc1ccc(CN(C(=O)Cn2nnc3ccccc32)[C@@H](C(=O)NC(C)(C)C)c2cccc(OC)c2OC)cc1. The summed E-state index contributed by atoms with van der Waals surface area (Å²) in [6, 6.07) is 19.0. The van der Waals surface area contributed by atoms with Crippen LogP contribution in [0.3, 0.4) is 0 Å². The molecule has 3 aromatic carbocycles. The van der Waals surface area contributed by atoms with E-state index < -0.39 is 11.6 Å². The first kappa shape index (κ1) is 28.4. The van der Waals surface area contributed by atoms with Gasteiger partial charge in [0.1, 0.15) is 23.9 Å². The Labute approximate surface area is 233 Å². The largest absolute Gasteiger partial charge is 0.497 e. The van der Waals surface area contributed by atoms with Crippen molar-refractivity contribution in [3.63, 3.8) is 0 Å². The van der Waals surface area contributed by atoms with Gasteiger partial charge >= 0.3 is 0 Å². The Kier molecular flexibility index (Phi) is 8.57. The minimum Gasteiger partial charge on any atom is -0.497 e. The summed E-state index contributed by atoms with van der Waals surface area (Å²) in [5.74, 6) is 0.826. The highest BCUT2D eigenvalue weighted by molar-refractivity contribution is 5.90. The van der Waals surface area contributed by atoms with Crippen LogP contribution in [-0.4, -0.2) is 58.6 Å². The molecule has 0 spiro atoms. The van der Waals surface area contributed by atoms with Crippen LogP contribution in [0, 0.1) is 0 Å². The molecule has 1 aromatic heterocycles. The van der Waals surface area contributed by atoms with Gasteiger partial charge in [0.05, 0.1) is 26.8 Å². The van der Waals surface area contributed by atoms with Gasteiger partial charge in [-0.15, -0.1) is 5.10 Å². The van der Waals surface area contributed by atoms with Gasteiger partial charge in [-0.3, -0.25) is 9.59 Å². The third-order valence-electron chi connectivity index (χ3n) is 6.32. The maximum absolute atomic E-state index is 14.2. The molecule has 10 nitrogen and oxygen atoms in total. The quantitative estimate of drug-likeness (QED) is 0.319. The molecule has 0 saturated carbocycles. The molecule has 1 atom stereocenters. The van der Waals surface area contributed by atoms with Gasteiger partial charge < -0.3 is 24.4 Å². The van der Waals surface area contributed by atoms with Crippen LogP contribution in [-0.2, 0) is 22.7 Å². The molecule has 0 aliphatic heterocycles. The van der Waals surface area contributed by atoms with Crippen LogP contribution in [0.25, 0.3) is 11.0 Å². The van der Waals surface area contributed by atoms with Crippen molar-refractivity contribution in [2.24, 2.45) is 0 Å². The van der Waals surface area contributed by atoms with Crippen molar-refractivity contribution in [1.29, 1.82) is 0 Å². The zero-order valence-corrected chi connectivity index (χ0v) is 23.7. The molecular weight excluding hydrogens is 510 g/mol. The number of fused-ring (bicyclic) bond motifs is 1. The van der Waals surface area contributed by atoms with Gasteiger partial charge in [-0.1, -0.05) is 41.6 Å². The van der Waals surface area contributed by atoms with Gasteiger partial charge in [0.25, 0.3) is 0 Å². The number of methoxy groups -OCH3 is 3. The van der Waals surface area contributed by atoms with E-state index in [1.807, 2.05) is 69.3 Å². The molecule has 2 amide bonds. The fourth-order valence-corrected chi connectivity index (χ4v) is 4.52. The monoisotopic (exact) mass is 545 g/mol. The first-order chi connectivity index (χ1) is 19.1. The second kappa shape index (κ2) is 12.1. The fraction of sp³-hybridized carbons (Fsp3) is 0.333. The number of carbonyl (C=O) groups excluding carboxylic acids is 2. The Hall–Kier alpha value is -4.60. The van der Waals surface area contributed by atoms with Crippen LogP contribution in [0.4, 0.5) is 0 Å². The van der Waals surface area contributed by atoms with Crippen molar-refractivity contribution in [2.45, 2.75) is 45.4 Å². The number of rotatable bonds is 10. The maximum atomic E-state index is 14.2. The predicted molar refractivity (Wildman–Crippen MR) is 151 cm³/mol. The Bertz CT molecular complexity index is 1480. The van der Waals surface area contributed by atoms with Crippen molar-refractivity contribution in [3.05, 3.63) is 77.9 Å². The van der Waals surface area contributed by atoms with Crippen molar-refractivity contribution in [2.75, 3.05) is 21.3 Å². The fourth-order valence-electron chi connectivity index (χ4n) is 4.52. The van der Waals surface area contributed by atoms with Crippen molar-refractivity contribution in [1.82, 2.24) is 25.2 Å². The lowest BCUT2D eigenvalue weighted by molar-refractivity contribution is -0.142. The van der Waals surface area contributed by atoms with E-state index in [-0.39, 0.29) is 24.9 Å². The summed E-state index contributed by atoms with van der Waals surface area (Å²) >= 11 is 0. The van der Waals surface area contributed by atoms with E-state index in [0.717, 1.165) is 11.1 Å². The number of nitrogens with zero attached hydrogens (tertiary/aromatic N) is 4. The molecule has 4 rings (SSSR count). The van der Waals surface area contributed by atoms with Crippen molar-refractivity contribution in [3.8, 4) is 17.2 Å². The zero-order chi connectivity index (χ0) is 28.9. The molecule has 0 bridgehead atoms. The standard InChI is InChI=1S/C30H35N5O5/c1-30(2,3)31-29(37)27(22-10-9-13-25(39-5)28(22)40-6)34(18-20-14-16-21(38-4)17-15-20)26(36)19-35-24-12-8-7-11-23(24)32-33-35/h7-17,27H,18-19H2,1-6H3,(H,31,37)/t27-/m1/s1. The number of hydrogen-bond donors (Lipinski definition) is 1. The van der Waals surface area contributed by atoms with E-state index in [2.05, 4.69) is 15.6 Å². The van der Waals surface area contributed by atoms with Crippen LogP contribution >= 0.6 is 0 Å². The zero-order valence-electron chi connectivity index (χ0n) is 23.7. The molecule has 40 heavy (non-hydrogen) atoms. The van der Waals surface area contributed by atoms with Gasteiger partial charge in [0.2, 0.25) is 11.8 Å². The van der Waals surface area contributed by atoms with Gasteiger partial charge in [-0.25, -0.2) is 4.68 Å². The summed E-state index contributed by atoms with van der Waals surface area (Å²) in [4.78, 5) is 29.7. The second-order valence-electron chi connectivity index (χ2n) is 10.3. The topological polar surface area (TPSA) is 108 Å². The number of amides is 2. The molecule has 0 unspecified atom stereocenters. The van der Waals surface area contributed by atoms with E-state index in [9.17, 15) is 9.59 Å². The number of para-hydroxylation sites is 2. The summed E-state index contributed by atoms with van der Waals surface area (Å²) in [7, 11) is 4.63. The third-order valence-corrected chi connectivity index (χ3v) is 6.32. The normalized spacial score (nSPS) is 12.1. The van der Waals surface area contributed by atoms with Gasteiger partial charge in [-0.2, -0.15) is 0 Å². The highest BCUT2D eigenvalue weighted by Crippen LogP contribution is 2.38. The van der Waals surface area contributed by atoms with E-state index in [1.165, 1.54) is 19.1 Å². The lowest BCUT2D eigenvalue weighted by atomic mass is 9.99. The number of nitrogens with one attached hydrogen (secondary N) is 1. The Morgan fingerprint density at radius 3 is 2.30 bits per heavy atom. The molecule has 10 heteroatoms. The van der Waals surface area contributed by atoms with E-state index in [0.29, 0.717) is 28.3 Å². The predicted octanol–water partition coefficient (Wildman–Crippen LogP) is 4.14. The molecule has 1 heterocycles. The Morgan fingerprint density at radius 2 is 1.65 bits per heavy atom. The average molecular weight is 546 g/mol. The highest BCUT2D eigenvalue weighted by Gasteiger charge is 2.36. The summed E-state index contributed by atoms with van der Waals surface area (Å²) in [5, 5.41) is 11.4. The van der Waals surface area contributed by atoms with Gasteiger partial charge in [0, 0.05) is 17.6 Å². The van der Waals surface area contributed by atoms with Crippen molar-refractivity contribution < 1.29 is 23.8 Å². The van der Waals surface area contributed by atoms with E-state index in [4.69, 9.17) is 14.2 Å². The number of ether oxygens (including phenoxy) is 3. The third kappa shape index (κ3) is 6.33. The van der Waals surface area contributed by atoms with Crippen LogP contribution in [0.5, 0.6) is 17.2 Å². The van der Waals surface area contributed by atoms with E-state index >= 15 is 0 Å². The second-order valence-corrected chi connectivity index (χ2v) is 10.3. The molecule has 0 radical (unpaired) electrons. The Balaban J connectivity index is 1.84. The molecular formula is C30H35N5O5. The lowest BCUT2D eigenvalue weighted by Crippen LogP contribution is -2.49. The molecule has 0 fully saturated rings. The van der Waals surface area contributed by atoms with Gasteiger partial charge in [-0.05, 0) is 56.7 Å². The van der Waals surface area contributed by atoms with Crippen LogP contribution < -0.4 is 19.5 Å².